The second-order valence-electron chi connectivity index (χ2n) is 4.07. The van der Waals surface area contributed by atoms with E-state index in [-0.39, 0.29) is 10.6 Å². The predicted octanol–water partition coefficient (Wildman–Crippen LogP) is 2.01. The maximum Gasteiger partial charge on any atom is 0.324 e. The SMILES string of the molecule is O=C(O)CN(c1ccc(Cl)cc1)S(=O)(=O)c1cccnc1. The van der Waals surface area contributed by atoms with Crippen molar-refractivity contribution in [2.45, 2.75) is 4.90 Å². The average Bonchev–Trinajstić information content (AvgIpc) is 2.46. The van der Waals surface area contributed by atoms with Gasteiger partial charge in [-0.15, -0.1) is 0 Å². The van der Waals surface area contributed by atoms with E-state index in [4.69, 9.17) is 16.7 Å². The molecule has 0 aliphatic carbocycles. The number of hydrogen-bond acceptors (Lipinski definition) is 4. The van der Waals surface area contributed by atoms with Gasteiger partial charge in [0.1, 0.15) is 11.4 Å². The summed E-state index contributed by atoms with van der Waals surface area (Å²) in [5.74, 6) is -1.27. The van der Waals surface area contributed by atoms with Crippen LogP contribution in [0.1, 0.15) is 0 Å². The third-order valence-corrected chi connectivity index (χ3v) is 4.63. The van der Waals surface area contributed by atoms with Crippen molar-refractivity contribution in [1.82, 2.24) is 4.98 Å². The number of halogens is 1. The molecule has 0 unspecified atom stereocenters. The Hall–Kier alpha value is -2.12. The number of anilines is 1. The minimum absolute atomic E-state index is 0.0822. The topological polar surface area (TPSA) is 87.6 Å². The Balaban J connectivity index is 2.50. The standard InChI is InChI=1S/C13H11ClN2O4S/c14-10-3-5-11(6-4-10)16(9-13(17)18)21(19,20)12-2-1-7-15-8-12/h1-8H,9H2,(H,17,18). The van der Waals surface area contributed by atoms with E-state index in [1.807, 2.05) is 0 Å². The highest BCUT2D eigenvalue weighted by Gasteiger charge is 2.27. The Morgan fingerprint density at radius 1 is 1.24 bits per heavy atom. The van der Waals surface area contributed by atoms with Crippen molar-refractivity contribution in [3.8, 4) is 0 Å². The molecule has 0 aliphatic rings. The van der Waals surface area contributed by atoms with Gasteiger partial charge < -0.3 is 5.11 Å². The summed E-state index contributed by atoms with van der Waals surface area (Å²) < 4.78 is 25.9. The summed E-state index contributed by atoms with van der Waals surface area (Å²) in [4.78, 5) is 14.6. The van der Waals surface area contributed by atoms with Crippen LogP contribution in [0, 0.1) is 0 Å². The summed E-state index contributed by atoms with van der Waals surface area (Å²) in [7, 11) is -4.02. The number of aromatic nitrogens is 1. The van der Waals surface area contributed by atoms with Crippen LogP contribution in [0.5, 0.6) is 0 Å². The smallest absolute Gasteiger partial charge is 0.324 e. The second-order valence-corrected chi connectivity index (χ2v) is 6.37. The number of pyridine rings is 1. The predicted molar refractivity (Wildman–Crippen MR) is 77.9 cm³/mol. The van der Waals surface area contributed by atoms with Gasteiger partial charge in [0.25, 0.3) is 10.0 Å². The minimum atomic E-state index is -4.02. The lowest BCUT2D eigenvalue weighted by Crippen LogP contribution is -2.35. The molecule has 0 atom stereocenters. The maximum atomic E-state index is 12.5. The van der Waals surface area contributed by atoms with Gasteiger partial charge in [-0.05, 0) is 36.4 Å². The first kappa shape index (κ1) is 15.3. The quantitative estimate of drug-likeness (QED) is 0.908. The molecule has 0 fully saturated rings. The highest BCUT2D eigenvalue weighted by molar-refractivity contribution is 7.92. The lowest BCUT2D eigenvalue weighted by Gasteiger charge is -2.22. The van der Waals surface area contributed by atoms with Crippen LogP contribution in [-0.4, -0.2) is 31.0 Å². The molecule has 0 bridgehead atoms. The molecule has 1 N–H and O–H groups in total. The molecule has 8 heteroatoms. The fourth-order valence-corrected chi connectivity index (χ4v) is 3.18. The van der Waals surface area contributed by atoms with E-state index in [0.29, 0.717) is 5.02 Å². The van der Waals surface area contributed by atoms with Crippen molar-refractivity contribution < 1.29 is 18.3 Å². The summed E-state index contributed by atoms with van der Waals surface area (Å²) in [5, 5.41) is 9.39. The molecule has 6 nitrogen and oxygen atoms in total. The normalized spacial score (nSPS) is 11.1. The number of rotatable bonds is 5. The number of carboxylic acids is 1. The van der Waals surface area contributed by atoms with Crippen LogP contribution < -0.4 is 4.31 Å². The average molecular weight is 327 g/mol. The summed E-state index contributed by atoms with van der Waals surface area (Å²) >= 11 is 5.76. The number of carbonyl (C=O) groups is 1. The van der Waals surface area contributed by atoms with Crippen molar-refractivity contribution in [3.63, 3.8) is 0 Å². The van der Waals surface area contributed by atoms with Gasteiger partial charge >= 0.3 is 5.97 Å². The van der Waals surface area contributed by atoms with Crippen molar-refractivity contribution in [2.24, 2.45) is 0 Å². The summed E-state index contributed by atoms with van der Waals surface area (Å²) in [6, 6.07) is 8.69. The number of hydrogen-bond donors (Lipinski definition) is 1. The van der Waals surface area contributed by atoms with E-state index < -0.39 is 22.5 Å². The van der Waals surface area contributed by atoms with Gasteiger partial charge in [-0.25, -0.2) is 8.42 Å². The third kappa shape index (κ3) is 3.50. The van der Waals surface area contributed by atoms with Crippen molar-refractivity contribution >= 4 is 33.3 Å². The number of sulfonamides is 1. The Labute approximate surface area is 126 Å². The lowest BCUT2D eigenvalue weighted by molar-refractivity contribution is -0.135. The van der Waals surface area contributed by atoms with E-state index in [1.165, 1.54) is 48.8 Å². The van der Waals surface area contributed by atoms with Gasteiger partial charge in [-0.2, -0.15) is 0 Å². The summed E-state index contributed by atoms with van der Waals surface area (Å²) in [6.45, 7) is -0.696. The van der Waals surface area contributed by atoms with Crippen LogP contribution in [0.15, 0.2) is 53.7 Å². The highest BCUT2D eigenvalue weighted by atomic mass is 35.5. The largest absolute Gasteiger partial charge is 0.480 e. The Morgan fingerprint density at radius 3 is 2.43 bits per heavy atom. The first-order valence-corrected chi connectivity index (χ1v) is 7.63. The van der Waals surface area contributed by atoms with Crippen LogP contribution in [0.3, 0.4) is 0 Å². The molecule has 1 aromatic heterocycles. The molecule has 0 saturated heterocycles. The number of aliphatic carboxylic acids is 1. The van der Waals surface area contributed by atoms with Crippen LogP contribution in [-0.2, 0) is 14.8 Å². The van der Waals surface area contributed by atoms with Crippen LogP contribution in [0.25, 0.3) is 0 Å². The second kappa shape index (κ2) is 6.11. The summed E-state index contributed by atoms with van der Waals surface area (Å²) in [6.07, 6.45) is 2.60. The number of benzene rings is 1. The minimum Gasteiger partial charge on any atom is -0.480 e. The zero-order valence-corrected chi connectivity index (χ0v) is 12.3. The van der Waals surface area contributed by atoms with Gasteiger partial charge in [-0.1, -0.05) is 11.6 Å². The molecule has 2 rings (SSSR count). The Morgan fingerprint density at radius 2 is 1.90 bits per heavy atom. The summed E-state index contributed by atoms with van der Waals surface area (Å²) in [5.41, 5.74) is 0.214. The van der Waals surface area contributed by atoms with E-state index >= 15 is 0 Å². The first-order chi connectivity index (χ1) is 9.91. The number of nitrogens with zero attached hydrogens (tertiary/aromatic N) is 2. The third-order valence-electron chi connectivity index (χ3n) is 2.62. The van der Waals surface area contributed by atoms with E-state index in [2.05, 4.69) is 4.98 Å². The molecular weight excluding hydrogens is 316 g/mol. The van der Waals surface area contributed by atoms with Crippen LogP contribution >= 0.6 is 11.6 Å². The molecule has 1 heterocycles. The molecular formula is C13H11ClN2O4S. The molecule has 0 saturated carbocycles. The van der Waals surface area contributed by atoms with Crippen molar-refractivity contribution in [3.05, 3.63) is 53.8 Å². The van der Waals surface area contributed by atoms with E-state index in [1.54, 1.807) is 0 Å². The van der Waals surface area contributed by atoms with E-state index in [0.717, 1.165) is 4.31 Å². The van der Waals surface area contributed by atoms with Crippen LogP contribution in [0.4, 0.5) is 5.69 Å². The fourth-order valence-electron chi connectivity index (χ4n) is 1.67. The molecule has 2 aromatic rings. The highest BCUT2D eigenvalue weighted by Crippen LogP contribution is 2.24. The van der Waals surface area contributed by atoms with Gasteiger partial charge in [-0.3, -0.25) is 14.1 Å². The maximum absolute atomic E-state index is 12.5. The molecule has 21 heavy (non-hydrogen) atoms. The molecule has 0 aliphatic heterocycles. The van der Waals surface area contributed by atoms with Gasteiger partial charge in [0.2, 0.25) is 0 Å². The molecule has 1 aromatic carbocycles. The Kier molecular flexibility index (Phi) is 4.44. The van der Waals surface area contributed by atoms with Gasteiger partial charge in [0.05, 0.1) is 5.69 Å². The molecule has 0 spiro atoms. The van der Waals surface area contributed by atoms with E-state index in [9.17, 15) is 13.2 Å². The molecule has 0 amide bonds. The van der Waals surface area contributed by atoms with Gasteiger partial charge in [0.15, 0.2) is 0 Å². The molecule has 0 radical (unpaired) electrons. The number of carboxylic acid groups (broad SMARTS) is 1. The van der Waals surface area contributed by atoms with Crippen LogP contribution in [0.2, 0.25) is 5.02 Å². The Bertz CT molecular complexity index is 733. The fraction of sp³-hybridized carbons (Fsp3) is 0.0769. The van der Waals surface area contributed by atoms with Crippen molar-refractivity contribution in [1.29, 1.82) is 0 Å². The van der Waals surface area contributed by atoms with Gasteiger partial charge in [0, 0.05) is 17.4 Å². The lowest BCUT2D eigenvalue weighted by atomic mass is 10.3. The van der Waals surface area contributed by atoms with Crippen molar-refractivity contribution in [2.75, 3.05) is 10.8 Å². The zero-order valence-electron chi connectivity index (χ0n) is 10.7. The zero-order chi connectivity index (χ0) is 15.5. The monoisotopic (exact) mass is 326 g/mol. The first-order valence-electron chi connectivity index (χ1n) is 5.81. The molecule has 110 valence electrons.